The van der Waals surface area contributed by atoms with Crippen molar-refractivity contribution in [3.63, 3.8) is 0 Å². The molecule has 0 aliphatic heterocycles. The van der Waals surface area contributed by atoms with E-state index in [1.54, 1.807) is 0 Å². The van der Waals surface area contributed by atoms with Crippen molar-refractivity contribution in [2.45, 2.75) is 6.04 Å². The van der Waals surface area contributed by atoms with Gasteiger partial charge in [0.05, 0.1) is 6.04 Å². The van der Waals surface area contributed by atoms with Gasteiger partial charge < -0.3 is 5.73 Å². The number of nitrogens with two attached hydrogens (primary N) is 1. The van der Waals surface area contributed by atoms with E-state index >= 15 is 0 Å². The van der Waals surface area contributed by atoms with Crippen LogP contribution in [-0.2, 0) is 0 Å². The van der Waals surface area contributed by atoms with E-state index in [9.17, 15) is 8.78 Å². The van der Waals surface area contributed by atoms with Gasteiger partial charge in [-0.25, -0.2) is 8.78 Å². The zero-order valence-electron chi connectivity index (χ0n) is 6.23. The molecule has 0 aromatic heterocycles. The summed E-state index contributed by atoms with van der Waals surface area (Å²) in [5.41, 5.74) is 5.34. The Balaban J connectivity index is 3.12. The van der Waals surface area contributed by atoms with E-state index < -0.39 is 18.5 Å². The molecule has 0 amide bonds. The molecule has 0 aliphatic carbocycles. The molecule has 1 atom stereocenters. The largest absolute Gasteiger partial charge is 0.322 e. The van der Waals surface area contributed by atoms with Gasteiger partial charge in [0.2, 0.25) is 0 Å². The van der Waals surface area contributed by atoms with Crippen molar-refractivity contribution < 1.29 is 8.78 Å². The maximum atomic E-state index is 13.0. The van der Waals surface area contributed by atoms with Crippen molar-refractivity contribution in [1.29, 1.82) is 0 Å². The van der Waals surface area contributed by atoms with E-state index in [-0.39, 0.29) is 10.6 Å². The summed E-state index contributed by atoms with van der Waals surface area (Å²) in [5.74, 6) is -0.562. The first kappa shape index (κ1) is 9.42. The van der Waals surface area contributed by atoms with Crippen LogP contribution < -0.4 is 5.73 Å². The van der Waals surface area contributed by atoms with E-state index in [4.69, 9.17) is 17.3 Å². The lowest BCUT2D eigenvalue weighted by molar-refractivity contribution is 0.427. The van der Waals surface area contributed by atoms with Crippen molar-refractivity contribution in [3.8, 4) is 0 Å². The standard InChI is InChI=1S/C8H8ClF2N/c9-5-2-1-3-6(11)8(5)7(12)4-10/h1-3,7H,4,12H2/t7-/m0/s1. The summed E-state index contributed by atoms with van der Waals surface area (Å²) in [6.45, 7) is -0.819. The van der Waals surface area contributed by atoms with Gasteiger partial charge >= 0.3 is 0 Å². The van der Waals surface area contributed by atoms with E-state index in [1.165, 1.54) is 18.2 Å². The minimum Gasteiger partial charge on any atom is -0.322 e. The van der Waals surface area contributed by atoms with E-state index in [1.807, 2.05) is 0 Å². The Morgan fingerprint density at radius 1 is 1.50 bits per heavy atom. The fourth-order valence-electron chi connectivity index (χ4n) is 0.942. The van der Waals surface area contributed by atoms with Crippen LogP contribution in [0.25, 0.3) is 0 Å². The maximum Gasteiger partial charge on any atom is 0.129 e. The first-order valence-corrected chi connectivity index (χ1v) is 3.80. The van der Waals surface area contributed by atoms with Gasteiger partial charge in [0.15, 0.2) is 0 Å². The van der Waals surface area contributed by atoms with Crippen LogP contribution in [0.2, 0.25) is 5.02 Å². The third kappa shape index (κ3) is 1.73. The van der Waals surface area contributed by atoms with Crippen LogP contribution in [0.4, 0.5) is 8.78 Å². The van der Waals surface area contributed by atoms with Crippen LogP contribution in [0.3, 0.4) is 0 Å². The lowest BCUT2D eigenvalue weighted by atomic mass is 10.1. The molecular formula is C8H8ClF2N. The normalized spacial score (nSPS) is 13.0. The Kier molecular flexibility index (Phi) is 3.00. The highest BCUT2D eigenvalue weighted by Crippen LogP contribution is 2.24. The van der Waals surface area contributed by atoms with Crippen molar-refractivity contribution in [2.24, 2.45) is 5.73 Å². The summed E-state index contributed by atoms with van der Waals surface area (Å²) in [7, 11) is 0. The number of hydrogen-bond donors (Lipinski definition) is 1. The fourth-order valence-corrected chi connectivity index (χ4v) is 1.25. The number of benzene rings is 1. The van der Waals surface area contributed by atoms with Gasteiger partial charge in [-0.2, -0.15) is 0 Å². The van der Waals surface area contributed by atoms with Crippen LogP contribution in [0.15, 0.2) is 18.2 Å². The van der Waals surface area contributed by atoms with Crippen LogP contribution >= 0.6 is 11.6 Å². The molecule has 0 heterocycles. The van der Waals surface area contributed by atoms with Crippen LogP contribution in [0.5, 0.6) is 0 Å². The molecule has 0 bridgehead atoms. The van der Waals surface area contributed by atoms with Gasteiger partial charge in [-0.1, -0.05) is 17.7 Å². The third-order valence-corrected chi connectivity index (χ3v) is 1.87. The summed E-state index contributed by atoms with van der Waals surface area (Å²) in [5, 5.41) is 0.167. The quantitative estimate of drug-likeness (QED) is 0.764. The Morgan fingerprint density at radius 2 is 2.17 bits per heavy atom. The van der Waals surface area contributed by atoms with Gasteiger partial charge in [-0.3, -0.25) is 0 Å². The Bertz CT molecular complexity index is 258. The first-order valence-electron chi connectivity index (χ1n) is 3.42. The summed E-state index contributed by atoms with van der Waals surface area (Å²) >= 11 is 5.62. The average Bonchev–Trinajstić information content (AvgIpc) is 2.03. The molecule has 0 radical (unpaired) electrons. The summed E-state index contributed by atoms with van der Waals surface area (Å²) in [4.78, 5) is 0. The molecule has 66 valence electrons. The molecule has 1 rings (SSSR count). The third-order valence-electron chi connectivity index (χ3n) is 1.54. The Morgan fingerprint density at radius 3 is 2.67 bits per heavy atom. The topological polar surface area (TPSA) is 26.0 Å². The minimum atomic E-state index is -0.973. The van der Waals surface area contributed by atoms with Crippen molar-refractivity contribution >= 4 is 11.6 Å². The maximum absolute atomic E-state index is 13.0. The predicted molar refractivity (Wildman–Crippen MR) is 44.3 cm³/mol. The second kappa shape index (κ2) is 3.83. The zero-order valence-corrected chi connectivity index (χ0v) is 6.98. The van der Waals surface area contributed by atoms with Crippen LogP contribution in [0.1, 0.15) is 11.6 Å². The molecule has 0 saturated heterocycles. The molecule has 1 aromatic carbocycles. The predicted octanol–water partition coefficient (Wildman–Crippen LogP) is 2.45. The molecule has 12 heavy (non-hydrogen) atoms. The Labute approximate surface area is 74.1 Å². The van der Waals surface area contributed by atoms with Gasteiger partial charge in [-0.05, 0) is 12.1 Å². The number of hydrogen-bond acceptors (Lipinski definition) is 1. The molecule has 0 unspecified atom stereocenters. The minimum absolute atomic E-state index is 0.0432. The second-order valence-corrected chi connectivity index (χ2v) is 2.80. The summed E-state index contributed by atoms with van der Waals surface area (Å²) in [6, 6.07) is 3.16. The molecule has 1 nitrogen and oxygen atoms in total. The highest BCUT2D eigenvalue weighted by Gasteiger charge is 2.14. The smallest absolute Gasteiger partial charge is 0.129 e. The van der Waals surface area contributed by atoms with E-state index in [0.717, 1.165) is 0 Å². The highest BCUT2D eigenvalue weighted by atomic mass is 35.5. The van der Waals surface area contributed by atoms with Gasteiger partial charge in [0, 0.05) is 10.6 Å². The summed E-state index contributed by atoms with van der Waals surface area (Å²) in [6.07, 6.45) is 0. The van der Waals surface area contributed by atoms with Crippen LogP contribution in [-0.4, -0.2) is 6.67 Å². The van der Waals surface area contributed by atoms with Crippen molar-refractivity contribution in [3.05, 3.63) is 34.6 Å². The van der Waals surface area contributed by atoms with Gasteiger partial charge in [-0.15, -0.1) is 0 Å². The molecule has 1 aromatic rings. The van der Waals surface area contributed by atoms with E-state index in [0.29, 0.717) is 0 Å². The van der Waals surface area contributed by atoms with Gasteiger partial charge in [0.1, 0.15) is 12.5 Å². The van der Waals surface area contributed by atoms with E-state index in [2.05, 4.69) is 0 Å². The number of alkyl halides is 1. The molecule has 4 heteroatoms. The van der Waals surface area contributed by atoms with Crippen molar-refractivity contribution in [2.75, 3.05) is 6.67 Å². The fraction of sp³-hybridized carbons (Fsp3) is 0.250. The molecular weight excluding hydrogens is 184 g/mol. The van der Waals surface area contributed by atoms with Crippen LogP contribution in [0, 0.1) is 5.82 Å². The molecule has 2 N–H and O–H groups in total. The molecule has 0 saturated carbocycles. The van der Waals surface area contributed by atoms with Crippen molar-refractivity contribution in [1.82, 2.24) is 0 Å². The first-order chi connectivity index (χ1) is 5.66. The molecule has 0 spiro atoms. The molecule has 0 fully saturated rings. The average molecular weight is 192 g/mol. The monoisotopic (exact) mass is 191 g/mol. The second-order valence-electron chi connectivity index (χ2n) is 2.40. The number of halogens is 3. The van der Waals surface area contributed by atoms with Gasteiger partial charge in [0.25, 0.3) is 0 Å². The Hall–Kier alpha value is -0.670. The lowest BCUT2D eigenvalue weighted by Crippen LogP contribution is -2.14. The summed E-state index contributed by atoms with van der Waals surface area (Å²) < 4.78 is 25.0. The highest BCUT2D eigenvalue weighted by molar-refractivity contribution is 6.31. The SMILES string of the molecule is N[C@@H](CF)c1c(F)cccc1Cl. The molecule has 0 aliphatic rings. The lowest BCUT2D eigenvalue weighted by Gasteiger charge is -2.09. The zero-order chi connectivity index (χ0) is 9.14. The number of rotatable bonds is 2.